The molecule has 0 saturated carbocycles. The summed E-state index contributed by atoms with van der Waals surface area (Å²) in [6.07, 6.45) is 1.29. The van der Waals surface area contributed by atoms with Crippen molar-refractivity contribution in [2.24, 2.45) is 0 Å². The monoisotopic (exact) mass is 427 g/mol. The number of benzene rings is 3. The fourth-order valence-corrected chi connectivity index (χ4v) is 5.92. The zero-order valence-electron chi connectivity index (χ0n) is 17.7. The Morgan fingerprint density at radius 2 is 1.68 bits per heavy atom. The molecule has 2 aliphatic rings. The van der Waals surface area contributed by atoms with Crippen LogP contribution in [0, 0.1) is 6.92 Å². The number of hydrogen-bond donors (Lipinski definition) is 1. The number of thioether (sulfide) groups is 1. The average Bonchev–Trinajstić information content (AvgIpc) is 2.96. The van der Waals surface area contributed by atoms with Gasteiger partial charge >= 0.3 is 0 Å². The van der Waals surface area contributed by atoms with E-state index in [4.69, 9.17) is 4.74 Å². The van der Waals surface area contributed by atoms with E-state index in [0.717, 1.165) is 34.7 Å². The minimum Gasteiger partial charge on any atom is -0.496 e. The average molecular weight is 428 g/mol. The van der Waals surface area contributed by atoms with Crippen molar-refractivity contribution >= 4 is 23.2 Å². The highest BCUT2D eigenvalue weighted by atomic mass is 32.2. The SMILES string of the molecule is COc1ccccc1C1CC(=O)C2=C(C1)Nc1ccccc1SC2c1ccc(C)cc1. The number of ketones is 1. The molecule has 0 aromatic heterocycles. The summed E-state index contributed by atoms with van der Waals surface area (Å²) in [6.45, 7) is 2.09. The maximum Gasteiger partial charge on any atom is 0.162 e. The Balaban J connectivity index is 1.61. The van der Waals surface area contributed by atoms with Crippen LogP contribution in [-0.2, 0) is 4.79 Å². The van der Waals surface area contributed by atoms with Gasteiger partial charge in [0.2, 0.25) is 0 Å². The second-order valence-corrected chi connectivity index (χ2v) is 9.34. The first-order valence-electron chi connectivity index (χ1n) is 10.6. The number of allylic oxidation sites excluding steroid dienone is 1. The molecule has 0 spiro atoms. The number of nitrogens with one attached hydrogen (secondary N) is 1. The molecule has 1 aliphatic carbocycles. The van der Waals surface area contributed by atoms with Crippen molar-refractivity contribution in [2.75, 3.05) is 12.4 Å². The van der Waals surface area contributed by atoms with Crippen LogP contribution in [0.1, 0.15) is 40.7 Å². The van der Waals surface area contributed by atoms with E-state index in [0.29, 0.717) is 6.42 Å². The summed E-state index contributed by atoms with van der Waals surface area (Å²) >= 11 is 1.77. The number of ether oxygens (including phenoxy) is 1. The van der Waals surface area contributed by atoms with Gasteiger partial charge in [-0.05, 0) is 42.7 Å². The maximum atomic E-state index is 13.6. The first-order chi connectivity index (χ1) is 15.1. The van der Waals surface area contributed by atoms with Crippen molar-refractivity contribution in [3.8, 4) is 5.75 Å². The smallest absolute Gasteiger partial charge is 0.162 e. The van der Waals surface area contributed by atoms with Gasteiger partial charge in [-0.2, -0.15) is 0 Å². The summed E-state index contributed by atoms with van der Waals surface area (Å²) in [5.41, 5.74) is 6.52. The van der Waals surface area contributed by atoms with E-state index in [1.54, 1.807) is 18.9 Å². The van der Waals surface area contributed by atoms with Crippen LogP contribution in [-0.4, -0.2) is 12.9 Å². The third-order valence-corrected chi connectivity index (χ3v) is 7.50. The topological polar surface area (TPSA) is 38.3 Å². The molecule has 3 aromatic carbocycles. The van der Waals surface area contributed by atoms with Crippen molar-refractivity contribution < 1.29 is 9.53 Å². The fraction of sp³-hybridized carbons (Fsp3) is 0.222. The standard InChI is InChI=1S/C27H25NO2S/c1-17-11-13-18(14-12-17)27-26-22(28-21-8-4-6-10-25(21)31-27)15-19(16-23(26)29)20-7-3-5-9-24(20)30-2/h3-14,19,27-28H,15-16H2,1-2H3. The molecule has 1 N–H and O–H groups in total. The summed E-state index contributed by atoms with van der Waals surface area (Å²) in [4.78, 5) is 14.8. The molecular formula is C27H25NO2S. The van der Waals surface area contributed by atoms with Crippen molar-refractivity contribution in [1.29, 1.82) is 0 Å². The molecule has 0 bridgehead atoms. The molecule has 2 unspecified atom stereocenters. The summed E-state index contributed by atoms with van der Waals surface area (Å²) in [7, 11) is 1.69. The molecule has 0 amide bonds. The second kappa shape index (κ2) is 8.27. The Morgan fingerprint density at radius 3 is 2.48 bits per heavy atom. The fourth-order valence-electron chi connectivity index (χ4n) is 4.57. The number of carbonyl (C=O) groups excluding carboxylic acids is 1. The number of rotatable bonds is 3. The van der Waals surface area contributed by atoms with E-state index >= 15 is 0 Å². The summed E-state index contributed by atoms with van der Waals surface area (Å²) in [5, 5.41) is 3.62. The Hall–Kier alpha value is -2.98. The molecule has 2 atom stereocenters. The molecule has 156 valence electrons. The number of carbonyl (C=O) groups is 1. The summed E-state index contributed by atoms with van der Waals surface area (Å²) in [6, 6.07) is 25.0. The first kappa shape index (κ1) is 20.0. The second-order valence-electron chi connectivity index (χ2n) is 8.19. The van der Waals surface area contributed by atoms with E-state index in [2.05, 4.69) is 60.8 Å². The van der Waals surface area contributed by atoms with Crippen LogP contribution in [0.2, 0.25) is 0 Å². The van der Waals surface area contributed by atoms with Crippen LogP contribution in [0.25, 0.3) is 0 Å². The van der Waals surface area contributed by atoms with Crippen LogP contribution in [0.15, 0.2) is 89.0 Å². The molecule has 1 heterocycles. The highest BCUT2D eigenvalue weighted by Crippen LogP contribution is 2.51. The maximum absolute atomic E-state index is 13.6. The molecule has 4 heteroatoms. The van der Waals surface area contributed by atoms with Crippen molar-refractivity contribution in [1.82, 2.24) is 0 Å². The Morgan fingerprint density at radius 1 is 0.935 bits per heavy atom. The molecule has 1 aliphatic heterocycles. The van der Waals surface area contributed by atoms with E-state index in [1.807, 2.05) is 24.3 Å². The number of hydrogen-bond acceptors (Lipinski definition) is 4. The summed E-state index contributed by atoms with van der Waals surface area (Å²) in [5.74, 6) is 1.17. The molecule has 0 saturated heterocycles. The molecule has 3 aromatic rings. The highest BCUT2D eigenvalue weighted by molar-refractivity contribution is 8.00. The zero-order valence-corrected chi connectivity index (χ0v) is 18.5. The number of methoxy groups -OCH3 is 1. The molecule has 5 rings (SSSR count). The highest BCUT2D eigenvalue weighted by Gasteiger charge is 2.37. The third kappa shape index (κ3) is 3.77. The lowest BCUT2D eigenvalue weighted by Crippen LogP contribution is -2.24. The Bertz CT molecular complexity index is 1170. The van der Waals surface area contributed by atoms with E-state index in [9.17, 15) is 4.79 Å². The lowest BCUT2D eigenvalue weighted by Gasteiger charge is -2.30. The zero-order chi connectivity index (χ0) is 21.4. The predicted molar refractivity (Wildman–Crippen MR) is 127 cm³/mol. The van der Waals surface area contributed by atoms with Gasteiger partial charge in [-0.15, -0.1) is 11.8 Å². The summed E-state index contributed by atoms with van der Waals surface area (Å²) < 4.78 is 5.60. The van der Waals surface area contributed by atoms with Gasteiger partial charge in [-0.1, -0.05) is 60.2 Å². The Labute approximate surface area is 187 Å². The van der Waals surface area contributed by atoms with E-state index in [-0.39, 0.29) is 17.0 Å². The van der Waals surface area contributed by atoms with Gasteiger partial charge in [0.25, 0.3) is 0 Å². The largest absolute Gasteiger partial charge is 0.496 e. The minimum absolute atomic E-state index is 0.0159. The quantitative estimate of drug-likeness (QED) is 0.507. The van der Waals surface area contributed by atoms with Gasteiger partial charge < -0.3 is 10.1 Å². The molecule has 31 heavy (non-hydrogen) atoms. The van der Waals surface area contributed by atoms with Crippen molar-refractivity contribution in [3.05, 3.63) is 101 Å². The van der Waals surface area contributed by atoms with Crippen LogP contribution in [0.4, 0.5) is 5.69 Å². The first-order valence-corrected chi connectivity index (χ1v) is 11.5. The minimum atomic E-state index is -0.0159. The number of Topliss-reactive ketones (excluding diaryl/α,β-unsaturated/α-hetero) is 1. The van der Waals surface area contributed by atoms with Crippen LogP contribution < -0.4 is 10.1 Å². The number of para-hydroxylation sites is 2. The predicted octanol–water partition coefficient (Wildman–Crippen LogP) is 6.66. The number of fused-ring (bicyclic) bond motifs is 1. The van der Waals surface area contributed by atoms with Gasteiger partial charge in [0.1, 0.15) is 5.75 Å². The van der Waals surface area contributed by atoms with Gasteiger partial charge in [-0.25, -0.2) is 0 Å². The van der Waals surface area contributed by atoms with Crippen LogP contribution in [0.5, 0.6) is 5.75 Å². The number of aryl methyl sites for hydroxylation is 1. The van der Waals surface area contributed by atoms with Crippen LogP contribution >= 0.6 is 11.8 Å². The van der Waals surface area contributed by atoms with Crippen molar-refractivity contribution in [2.45, 2.75) is 35.8 Å². The normalized spacial score (nSPS) is 20.4. The van der Waals surface area contributed by atoms with E-state index in [1.165, 1.54) is 16.0 Å². The van der Waals surface area contributed by atoms with Gasteiger partial charge in [-0.3, -0.25) is 4.79 Å². The van der Waals surface area contributed by atoms with E-state index < -0.39 is 0 Å². The van der Waals surface area contributed by atoms with Gasteiger partial charge in [0.15, 0.2) is 5.78 Å². The van der Waals surface area contributed by atoms with Crippen molar-refractivity contribution in [3.63, 3.8) is 0 Å². The Kier molecular flexibility index (Phi) is 5.33. The van der Waals surface area contributed by atoms with Crippen LogP contribution in [0.3, 0.4) is 0 Å². The molecule has 3 nitrogen and oxygen atoms in total. The number of anilines is 1. The van der Waals surface area contributed by atoms with Gasteiger partial charge in [0.05, 0.1) is 18.0 Å². The molecular weight excluding hydrogens is 402 g/mol. The van der Waals surface area contributed by atoms with Gasteiger partial charge in [0, 0.05) is 28.5 Å². The lowest BCUT2D eigenvalue weighted by atomic mass is 9.79. The lowest BCUT2D eigenvalue weighted by molar-refractivity contribution is -0.116. The molecule has 0 fully saturated rings. The molecule has 0 radical (unpaired) electrons. The third-order valence-electron chi connectivity index (χ3n) is 6.15.